The molecule has 1 aromatic heterocycles. The molecular weight excluding hydrogens is 410 g/mol. The number of aromatic nitrogens is 2. The molecule has 3 rings (SSSR count). The van der Waals surface area contributed by atoms with Crippen LogP contribution in [0.3, 0.4) is 0 Å². The highest BCUT2D eigenvalue weighted by molar-refractivity contribution is 9.10. The predicted octanol–water partition coefficient (Wildman–Crippen LogP) is 4.24. The molecule has 0 saturated carbocycles. The highest BCUT2D eigenvalue weighted by Gasteiger charge is 2.13. The Morgan fingerprint density at radius 2 is 1.92 bits per heavy atom. The molecular formula is C17H11BrClN3O3. The Balaban J connectivity index is 1.90. The molecule has 0 radical (unpaired) electrons. The molecule has 0 bridgehead atoms. The third kappa shape index (κ3) is 3.72. The van der Waals surface area contributed by atoms with Gasteiger partial charge in [0.1, 0.15) is 0 Å². The maximum atomic E-state index is 12.4. The van der Waals surface area contributed by atoms with Crippen molar-refractivity contribution in [2.75, 3.05) is 5.32 Å². The zero-order valence-electron chi connectivity index (χ0n) is 12.6. The summed E-state index contributed by atoms with van der Waals surface area (Å²) in [5.74, 6) is -1.46. The van der Waals surface area contributed by atoms with Crippen molar-refractivity contribution >= 4 is 45.1 Å². The standard InChI is InChI=1S/C17H11BrClN3O3/c18-12-6-5-10(22-8-7-14(21-22)17(24)25)9-15(12)20-16(23)11-3-1-2-4-13(11)19/h1-9H,(H,20,23)(H,24,25). The summed E-state index contributed by atoms with van der Waals surface area (Å²) in [4.78, 5) is 23.4. The summed E-state index contributed by atoms with van der Waals surface area (Å²) < 4.78 is 2.09. The first-order chi connectivity index (χ1) is 12.0. The van der Waals surface area contributed by atoms with Gasteiger partial charge in [0, 0.05) is 10.7 Å². The minimum Gasteiger partial charge on any atom is -0.476 e. The molecule has 0 saturated heterocycles. The molecule has 8 heteroatoms. The zero-order valence-corrected chi connectivity index (χ0v) is 15.0. The van der Waals surface area contributed by atoms with E-state index in [-0.39, 0.29) is 11.6 Å². The fourth-order valence-corrected chi connectivity index (χ4v) is 2.74. The van der Waals surface area contributed by atoms with Crippen LogP contribution in [-0.2, 0) is 0 Å². The first-order valence-electron chi connectivity index (χ1n) is 7.10. The number of carboxylic acid groups (broad SMARTS) is 1. The Morgan fingerprint density at radius 1 is 1.16 bits per heavy atom. The minimum absolute atomic E-state index is 0.0652. The van der Waals surface area contributed by atoms with Crippen molar-refractivity contribution in [1.82, 2.24) is 9.78 Å². The number of amides is 1. The number of carbonyl (C=O) groups is 2. The zero-order chi connectivity index (χ0) is 18.0. The Morgan fingerprint density at radius 3 is 2.60 bits per heavy atom. The van der Waals surface area contributed by atoms with Crippen LogP contribution in [0.15, 0.2) is 59.2 Å². The first kappa shape index (κ1) is 17.2. The van der Waals surface area contributed by atoms with Crippen LogP contribution in [-0.4, -0.2) is 26.8 Å². The molecule has 6 nitrogen and oxygen atoms in total. The van der Waals surface area contributed by atoms with E-state index in [1.807, 2.05) is 0 Å². The van der Waals surface area contributed by atoms with Crippen molar-refractivity contribution in [1.29, 1.82) is 0 Å². The summed E-state index contributed by atoms with van der Waals surface area (Å²) in [6.07, 6.45) is 1.53. The second-order valence-electron chi connectivity index (χ2n) is 5.05. The molecule has 1 amide bonds. The van der Waals surface area contributed by atoms with Crippen molar-refractivity contribution in [3.63, 3.8) is 0 Å². The Bertz CT molecular complexity index is 971. The number of anilines is 1. The van der Waals surface area contributed by atoms with Gasteiger partial charge in [-0.3, -0.25) is 4.79 Å². The second-order valence-corrected chi connectivity index (χ2v) is 6.31. The molecule has 1 heterocycles. The maximum absolute atomic E-state index is 12.4. The van der Waals surface area contributed by atoms with Gasteiger partial charge in [0.25, 0.3) is 5.91 Å². The number of halogens is 2. The normalized spacial score (nSPS) is 10.5. The summed E-state index contributed by atoms with van der Waals surface area (Å²) in [6, 6.07) is 13.3. The van der Waals surface area contributed by atoms with E-state index in [4.69, 9.17) is 16.7 Å². The van der Waals surface area contributed by atoms with Crippen LogP contribution in [0.25, 0.3) is 5.69 Å². The van der Waals surface area contributed by atoms with Crippen LogP contribution in [0.2, 0.25) is 5.02 Å². The number of hydrogen-bond acceptors (Lipinski definition) is 3. The van der Waals surface area contributed by atoms with E-state index in [9.17, 15) is 9.59 Å². The van der Waals surface area contributed by atoms with E-state index >= 15 is 0 Å². The third-order valence-electron chi connectivity index (χ3n) is 3.39. The van der Waals surface area contributed by atoms with Gasteiger partial charge in [-0.2, -0.15) is 5.10 Å². The highest BCUT2D eigenvalue weighted by atomic mass is 79.9. The lowest BCUT2D eigenvalue weighted by Crippen LogP contribution is -2.13. The van der Waals surface area contributed by atoms with Gasteiger partial charge in [-0.25, -0.2) is 9.48 Å². The number of aromatic carboxylic acids is 1. The Kier molecular flexibility index (Phi) is 4.87. The molecule has 0 aliphatic carbocycles. The van der Waals surface area contributed by atoms with Gasteiger partial charge < -0.3 is 10.4 Å². The largest absolute Gasteiger partial charge is 0.476 e. The maximum Gasteiger partial charge on any atom is 0.356 e. The predicted molar refractivity (Wildman–Crippen MR) is 97.6 cm³/mol. The van der Waals surface area contributed by atoms with Gasteiger partial charge >= 0.3 is 5.97 Å². The van der Waals surface area contributed by atoms with Crippen LogP contribution in [0.4, 0.5) is 5.69 Å². The van der Waals surface area contributed by atoms with E-state index in [1.54, 1.807) is 42.5 Å². The van der Waals surface area contributed by atoms with E-state index in [1.165, 1.54) is 16.9 Å². The van der Waals surface area contributed by atoms with Crippen molar-refractivity contribution in [3.05, 3.63) is 75.5 Å². The first-order valence-corrected chi connectivity index (χ1v) is 8.27. The van der Waals surface area contributed by atoms with Gasteiger partial charge in [0.15, 0.2) is 5.69 Å². The van der Waals surface area contributed by atoms with E-state index in [0.29, 0.717) is 26.4 Å². The number of carboxylic acids is 1. The molecule has 0 unspecified atom stereocenters. The van der Waals surface area contributed by atoms with Crippen LogP contribution in [0.1, 0.15) is 20.8 Å². The van der Waals surface area contributed by atoms with Crippen molar-refractivity contribution in [2.45, 2.75) is 0 Å². The van der Waals surface area contributed by atoms with Crippen molar-refractivity contribution in [3.8, 4) is 5.69 Å². The van der Waals surface area contributed by atoms with Gasteiger partial charge in [-0.15, -0.1) is 0 Å². The average Bonchev–Trinajstić information content (AvgIpc) is 3.07. The van der Waals surface area contributed by atoms with E-state index < -0.39 is 5.97 Å². The number of rotatable bonds is 4. The summed E-state index contributed by atoms with van der Waals surface area (Å²) in [7, 11) is 0. The van der Waals surface area contributed by atoms with Crippen LogP contribution in [0.5, 0.6) is 0 Å². The monoisotopic (exact) mass is 419 g/mol. The molecule has 0 atom stereocenters. The smallest absolute Gasteiger partial charge is 0.356 e. The number of hydrogen-bond donors (Lipinski definition) is 2. The number of nitrogens with zero attached hydrogens (tertiary/aromatic N) is 2. The Hall–Kier alpha value is -2.64. The molecule has 2 aromatic carbocycles. The number of nitrogens with one attached hydrogen (secondary N) is 1. The lowest BCUT2D eigenvalue weighted by molar-refractivity contribution is 0.0689. The molecule has 2 N–H and O–H groups in total. The lowest BCUT2D eigenvalue weighted by atomic mass is 10.2. The lowest BCUT2D eigenvalue weighted by Gasteiger charge is -2.11. The van der Waals surface area contributed by atoms with Gasteiger partial charge in [0.05, 0.1) is 22.0 Å². The minimum atomic E-state index is -1.11. The van der Waals surface area contributed by atoms with E-state index in [0.717, 1.165) is 0 Å². The number of carbonyl (C=O) groups excluding carboxylic acids is 1. The van der Waals surface area contributed by atoms with Gasteiger partial charge in [0.2, 0.25) is 0 Å². The molecule has 3 aromatic rings. The number of benzene rings is 2. The molecule has 126 valence electrons. The topological polar surface area (TPSA) is 84.2 Å². The van der Waals surface area contributed by atoms with Crippen LogP contribution >= 0.6 is 27.5 Å². The molecule has 0 aliphatic heterocycles. The Labute approximate surface area is 156 Å². The molecule has 0 spiro atoms. The van der Waals surface area contributed by atoms with Crippen molar-refractivity contribution in [2.24, 2.45) is 0 Å². The van der Waals surface area contributed by atoms with Crippen molar-refractivity contribution < 1.29 is 14.7 Å². The summed E-state index contributed by atoms with van der Waals surface area (Å²) >= 11 is 9.42. The second kappa shape index (κ2) is 7.08. The average molecular weight is 421 g/mol. The fourth-order valence-electron chi connectivity index (χ4n) is 2.17. The SMILES string of the molecule is O=C(O)c1ccn(-c2ccc(Br)c(NC(=O)c3ccccc3Cl)c2)n1. The van der Waals surface area contributed by atoms with Gasteiger partial charge in [-0.1, -0.05) is 23.7 Å². The highest BCUT2D eigenvalue weighted by Crippen LogP contribution is 2.26. The molecule has 25 heavy (non-hydrogen) atoms. The van der Waals surface area contributed by atoms with E-state index in [2.05, 4.69) is 26.3 Å². The quantitative estimate of drug-likeness (QED) is 0.661. The van der Waals surface area contributed by atoms with Crippen LogP contribution in [0, 0.1) is 0 Å². The van der Waals surface area contributed by atoms with Crippen LogP contribution < -0.4 is 5.32 Å². The van der Waals surface area contributed by atoms with Gasteiger partial charge in [-0.05, 0) is 52.3 Å². The molecule has 0 fully saturated rings. The molecule has 0 aliphatic rings. The summed E-state index contributed by atoms with van der Waals surface area (Å²) in [6.45, 7) is 0. The fraction of sp³-hybridized carbons (Fsp3) is 0. The third-order valence-corrected chi connectivity index (χ3v) is 4.41. The summed E-state index contributed by atoms with van der Waals surface area (Å²) in [5, 5.41) is 16.1. The summed E-state index contributed by atoms with van der Waals surface area (Å²) in [5.41, 5.74) is 1.40.